The number of ether oxygens (including phenoxy) is 2. The van der Waals surface area contributed by atoms with Gasteiger partial charge in [-0.25, -0.2) is 27.2 Å². The second kappa shape index (κ2) is 7.50. The SMILES string of the molecule is COc1nccnc1OC1CCCN(S(=O)(=O)c2c(F)cccc2F)C1. The smallest absolute Gasteiger partial charge is 0.278 e. The highest BCUT2D eigenvalue weighted by atomic mass is 32.2. The Hall–Kier alpha value is -2.33. The van der Waals surface area contributed by atoms with E-state index in [0.29, 0.717) is 12.8 Å². The molecular formula is C16H17F2N3O4S. The lowest BCUT2D eigenvalue weighted by atomic mass is 10.1. The molecule has 10 heteroatoms. The molecule has 1 unspecified atom stereocenters. The number of benzene rings is 1. The molecule has 0 bridgehead atoms. The fourth-order valence-electron chi connectivity index (χ4n) is 2.77. The van der Waals surface area contributed by atoms with Gasteiger partial charge in [0.15, 0.2) is 4.90 Å². The Kier molecular flexibility index (Phi) is 5.33. The predicted molar refractivity (Wildman–Crippen MR) is 87.4 cm³/mol. The number of sulfonamides is 1. The highest BCUT2D eigenvalue weighted by Crippen LogP contribution is 2.28. The Morgan fingerprint density at radius 3 is 2.46 bits per heavy atom. The van der Waals surface area contributed by atoms with Crippen molar-refractivity contribution in [2.75, 3.05) is 20.2 Å². The fourth-order valence-corrected chi connectivity index (χ4v) is 4.39. The van der Waals surface area contributed by atoms with Gasteiger partial charge in [0.2, 0.25) is 10.0 Å². The van der Waals surface area contributed by atoms with Crippen LogP contribution in [-0.2, 0) is 10.0 Å². The summed E-state index contributed by atoms with van der Waals surface area (Å²) < 4.78 is 65.0. The predicted octanol–water partition coefficient (Wildman–Crippen LogP) is 2.00. The third-order valence-corrected chi connectivity index (χ3v) is 5.88. The van der Waals surface area contributed by atoms with Crippen LogP contribution in [0.1, 0.15) is 12.8 Å². The Bertz CT molecular complexity index is 875. The zero-order valence-electron chi connectivity index (χ0n) is 13.9. The largest absolute Gasteiger partial charge is 0.477 e. The lowest BCUT2D eigenvalue weighted by Gasteiger charge is -2.32. The first-order valence-corrected chi connectivity index (χ1v) is 9.33. The van der Waals surface area contributed by atoms with Crippen LogP contribution in [-0.4, -0.2) is 49.0 Å². The second-order valence-electron chi connectivity index (χ2n) is 5.67. The molecule has 140 valence electrons. The molecule has 1 aliphatic rings. The monoisotopic (exact) mass is 385 g/mol. The van der Waals surface area contributed by atoms with Gasteiger partial charge < -0.3 is 9.47 Å². The van der Waals surface area contributed by atoms with E-state index in [0.717, 1.165) is 22.5 Å². The van der Waals surface area contributed by atoms with Crippen molar-refractivity contribution in [3.8, 4) is 11.8 Å². The molecular weight excluding hydrogens is 368 g/mol. The lowest BCUT2D eigenvalue weighted by Crippen LogP contribution is -2.44. The van der Waals surface area contributed by atoms with Gasteiger partial charge in [0.1, 0.15) is 17.7 Å². The van der Waals surface area contributed by atoms with Crippen LogP contribution in [0.3, 0.4) is 0 Å². The molecule has 26 heavy (non-hydrogen) atoms. The zero-order valence-corrected chi connectivity index (χ0v) is 14.7. The van der Waals surface area contributed by atoms with Crippen molar-refractivity contribution in [3.05, 3.63) is 42.2 Å². The third-order valence-electron chi connectivity index (χ3n) is 3.96. The Morgan fingerprint density at radius 2 is 1.81 bits per heavy atom. The van der Waals surface area contributed by atoms with E-state index in [1.807, 2.05) is 0 Å². The van der Waals surface area contributed by atoms with Gasteiger partial charge >= 0.3 is 0 Å². The van der Waals surface area contributed by atoms with E-state index in [-0.39, 0.29) is 24.8 Å². The molecule has 1 atom stereocenters. The van der Waals surface area contributed by atoms with Gasteiger partial charge in [0.05, 0.1) is 13.7 Å². The minimum Gasteiger partial charge on any atom is -0.477 e. The first kappa shape index (κ1) is 18.5. The van der Waals surface area contributed by atoms with E-state index in [1.165, 1.54) is 19.5 Å². The molecule has 0 aliphatic carbocycles. The molecule has 1 saturated heterocycles. The second-order valence-corrected chi connectivity index (χ2v) is 7.54. The van der Waals surface area contributed by atoms with Crippen LogP contribution in [0.2, 0.25) is 0 Å². The summed E-state index contributed by atoms with van der Waals surface area (Å²) in [5.74, 6) is -1.93. The van der Waals surface area contributed by atoms with Crippen molar-refractivity contribution in [1.82, 2.24) is 14.3 Å². The van der Waals surface area contributed by atoms with E-state index < -0.39 is 32.7 Å². The minimum absolute atomic E-state index is 0.0597. The van der Waals surface area contributed by atoms with Crippen LogP contribution in [0, 0.1) is 11.6 Å². The summed E-state index contributed by atoms with van der Waals surface area (Å²) in [6, 6.07) is 2.95. The van der Waals surface area contributed by atoms with Crippen molar-refractivity contribution in [1.29, 1.82) is 0 Å². The van der Waals surface area contributed by atoms with Gasteiger partial charge in [0.25, 0.3) is 11.8 Å². The van der Waals surface area contributed by atoms with E-state index >= 15 is 0 Å². The summed E-state index contributed by atoms with van der Waals surface area (Å²) in [4.78, 5) is 7.03. The van der Waals surface area contributed by atoms with Gasteiger partial charge in [0, 0.05) is 18.9 Å². The molecule has 0 amide bonds. The van der Waals surface area contributed by atoms with Gasteiger partial charge in [-0.05, 0) is 25.0 Å². The van der Waals surface area contributed by atoms with Crippen molar-refractivity contribution in [3.63, 3.8) is 0 Å². The molecule has 0 spiro atoms. The van der Waals surface area contributed by atoms with Crippen LogP contribution in [0.15, 0.2) is 35.5 Å². The maximum absolute atomic E-state index is 13.9. The zero-order chi connectivity index (χ0) is 18.7. The van der Waals surface area contributed by atoms with Crippen LogP contribution in [0.25, 0.3) is 0 Å². The van der Waals surface area contributed by atoms with Gasteiger partial charge in [-0.2, -0.15) is 4.31 Å². The average molecular weight is 385 g/mol. The van der Waals surface area contributed by atoms with E-state index in [4.69, 9.17) is 9.47 Å². The first-order valence-electron chi connectivity index (χ1n) is 7.89. The van der Waals surface area contributed by atoms with Crippen molar-refractivity contribution < 1.29 is 26.7 Å². The molecule has 0 radical (unpaired) electrons. The first-order chi connectivity index (χ1) is 12.4. The Morgan fingerprint density at radius 1 is 1.15 bits per heavy atom. The minimum atomic E-state index is -4.33. The molecule has 2 aromatic rings. The van der Waals surface area contributed by atoms with Crippen molar-refractivity contribution >= 4 is 10.0 Å². The Balaban J connectivity index is 1.82. The van der Waals surface area contributed by atoms with Gasteiger partial charge in [-0.1, -0.05) is 6.07 Å². The van der Waals surface area contributed by atoms with Gasteiger partial charge in [-0.15, -0.1) is 0 Å². The molecule has 0 saturated carbocycles. The van der Waals surface area contributed by atoms with Gasteiger partial charge in [-0.3, -0.25) is 0 Å². The molecule has 7 nitrogen and oxygen atoms in total. The number of rotatable bonds is 5. The van der Waals surface area contributed by atoms with Crippen molar-refractivity contribution in [2.24, 2.45) is 0 Å². The summed E-state index contributed by atoms with van der Waals surface area (Å²) in [7, 11) is -2.92. The number of nitrogens with zero attached hydrogens (tertiary/aromatic N) is 3. The fraction of sp³-hybridized carbons (Fsp3) is 0.375. The van der Waals surface area contributed by atoms with Crippen LogP contribution < -0.4 is 9.47 Å². The number of aromatic nitrogens is 2. The van der Waals surface area contributed by atoms with Crippen LogP contribution in [0.5, 0.6) is 11.8 Å². The summed E-state index contributed by atoms with van der Waals surface area (Å²) in [6.45, 7) is 0.0867. The quantitative estimate of drug-likeness (QED) is 0.783. The average Bonchev–Trinajstić information content (AvgIpc) is 2.62. The number of piperidine rings is 1. The van der Waals surface area contributed by atoms with Crippen molar-refractivity contribution in [2.45, 2.75) is 23.8 Å². The van der Waals surface area contributed by atoms with E-state index in [2.05, 4.69) is 9.97 Å². The highest BCUT2D eigenvalue weighted by molar-refractivity contribution is 7.89. The molecule has 1 fully saturated rings. The molecule has 1 aromatic heterocycles. The third kappa shape index (κ3) is 3.61. The summed E-state index contributed by atoms with van der Waals surface area (Å²) in [5, 5.41) is 0. The topological polar surface area (TPSA) is 81.6 Å². The Labute approximate surface area is 149 Å². The number of halogens is 2. The summed E-state index contributed by atoms with van der Waals surface area (Å²) >= 11 is 0. The molecule has 2 heterocycles. The maximum Gasteiger partial charge on any atom is 0.278 e. The highest BCUT2D eigenvalue weighted by Gasteiger charge is 2.35. The number of hydrogen-bond acceptors (Lipinski definition) is 6. The number of hydrogen-bond donors (Lipinski definition) is 0. The summed E-state index contributed by atoms with van der Waals surface area (Å²) in [5.41, 5.74) is 0. The standard InChI is InChI=1S/C16H17F2N3O4S/c1-24-15-16(20-8-7-19-15)25-11-4-3-9-21(10-11)26(22,23)14-12(17)5-2-6-13(14)18/h2,5-8,11H,3-4,9-10H2,1H3. The molecule has 3 rings (SSSR count). The summed E-state index contributed by atoms with van der Waals surface area (Å²) in [6.07, 6.45) is 3.35. The normalized spacial score (nSPS) is 18.5. The molecule has 0 N–H and O–H groups in total. The van der Waals surface area contributed by atoms with E-state index in [9.17, 15) is 17.2 Å². The number of methoxy groups -OCH3 is 1. The van der Waals surface area contributed by atoms with E-state index in [1.54, 1.807) is 0 Å². The molecule has 1 aromatic carbocycles. The van der Waals surface area contributed by atoms with Crippen LogP contribution >= 0.6 is 0 Å². The maximum atomic E-state index is 13.9. The van der Waals surface area contributed by atoms with Crippen LogP contribution in [0.4, 0.5) is 8.78 Å². The lowest BCUT2D eigenvalue weighted by molar-refractivity contribution is 0.119. The molecule has 1 aliphatic heterocycles.